The lowest BCUT2D eigenvalue weighted by molar-refractivity contribution is -0.125. The van der Waals surface area contributed by atoms with Crippen molar-refractivity contribution < 1.29 is 9.59 Å². The van der Waals surface area contributed by atoms with E-state index in [0.29, 0.717) is 12.1 Å². The van der Waals surface area contributed by atoms with Gasteiger partial charge in [0.05, 0.1) is 5.56 Å². The summed E-state index contributed by atoms with van der Waals surface area (Å²) in [5.41, 5.74) is 1.31. The van der Waals surface area contributed by atoms with Crippen LogP contribution in [0.5, 0.6) is 0 Å². The average molecular weight is 244 g/mol. The van der Waals surface area contributed by atoms with Crippen molar-refractivity contribution in [3.63, 3.8) is 0 Å². The van der Waals surface area contributed by atoms with Gasteiger partial charge in [0.25, 0.3) is 11.7 Å². The lowest BCUT2D eigenvalue weighted by Gasteiger charge is -2.14. The summed E-state index contributed by atoms with van der Waals surface area (Å²) in [7, 11) is 1.65. The quantitative estimate of drug-likeness (QED) is 0.662. The van der Waals surface area contributed by atoms with E-state index < -0.39 is 11.7 Å². The van der Waals surface area contributed by atoms with Crippen LogP contribution < -0.4 is 0 Å². The number of carbonyl (C=O) groups is 2. The first-order chi connectivity index (χ1) is 8.65. The van der Waals surface area contributed by atoms with Crippen molar-refractivity contribution in [2.45, 2.75) is 13.3 Å². The Balaban J connectivity index is 2.31. The van der Waals surface area contributed by atoms with Crippen molar-refractivity contribution in [3.8, 4) is 0 Å². The highest BCUT2D eigenvalue weighted by molar-refractivity contribution is 6.44. The molecule has 94 valence electrons. The summed E-state index contributed by atoms with van der Waals surface area (Å²) < 4.78 is 0. The van der Waals surface area contributed by atoms with Crippen molar-refractivity contribution in [3.05, 3.63) is 36.0 Å². The van der Waals surface area contributed by atoms with Crippen LogP contribution >= 0.6 is 0 Å². The van der Waals surface area contributed by atoms with Crippen LogP contribution in [0.25, 0.3) is 10.9 Å². The summed E-state index contributed by atoms with van der Waals surface area (Å²) in [5, 5.41) is 0.792. The van der Waals surface area contributed by atoms with Gasteiger partial charge in [0.2, 0.25) is 0 Å². The Bertz CT molecular complexity index is 586. The maximum atomic E-state index is 12.1. The van der Waals surface area contributed by atoms with E-state index >= 15 is 0 Å². The molecule has 0 aliphatic rings. The molecule has 0 fully saturated rings. The second kappa shape index (κ2) is 5.04. The van der Waals surface area contributed by atoms with E-state index in [2.05, 4.69) is 4.98 Å². The second-order valence-corrected chi connectivity index (χ2v) is 4.30. The minimum Gasteiger partial charge on any atom is -0.360 e. The predicted octanol–water partition coefficient (Wildman–Crippen LogP) is 2.22. The van der Waals surface area contributed by atoms with E-state index in [0.717, 1.165) is 17.3 Å². The van der Waals surface area contributed by atoms with E-state index in [1.807, 2.05) is 31.2 Å². The molecule has 1 aromatic heterocycles. The topological polar surface area (TPSA) is 53.2 Å². The van der Waals surface area contributed by atoms with E-state index in [4.69, 9.17) is 0 Å². The summed E-state index contributed by atoms with van der Waals surface area (Å²) in [6, 6.07) is 7.46. The first-order valence-corrected chi connectivity index (χ1v) is 6.01. The smallest absolute Gasteiger partial charge is 0.294 e. The fourth-order valence-electron chi connectivity index (χ4n) is 1.98. The number of ketones is 1. The highest BCUT2D eigenvalue weighted by Crippen LogP contribution is 2.18. The molecule has 0 aliphatic heterocycles. The predicted molar refractivity (Wildman–Crippen MR) is 70.6 cm³/mol. The van der Waals surface area contributed by atoms with Crippen LogP contribution in [-0.4, -0.2) is 35.2 Å². The van der Waals surface area contributed by atoms with Gasteiger partial charge in [0.1, 0.15) is 0 Å². The minimum absolute atomic E-state index is 0.443. The van der Waals surface area contributed by atoms with Crippen molar-refractivity contribution >= 4 is 22.6 Å². The van der Waals surface area contributed by atoms with E-state index in [-0.39, 0.29) is 0 Å². The third-order valence-corrected chi connectivity index (χ3v) is 2.93. The van der Waals surface area contributed by atoms with Gasteiger partial charge >= 0.3 is 0 Å². The van der Waals surface area contributed by atoms with Crippen molar-refractivity contribution in [1.29, 1.82) is 0 Å². The Kier molecular flexibility index (Phi) is 3.46. The normalized spacial score (nSPS) is 10.6. The molecule has 0 saturated heterocycles. The van der Waals surface area contributed by atoms with Crippen LogP contribution in [0.15, 0.2) is 30.5 Å². The number of fused-ring (bicyclic) bond motifs is 1. The van der Waals surface area contributed by atoms with Crippen molar-refractivity contribution in [1.82, 2.24) is 9.88 Å². The number of H-pyrrole nitrogens is 1. The molecule has 0 unspecified atom stereocenters. The zero-order valence-electron chi connectivity index (χ0n) is 10.6. The zero-order chi connectivity index (χ0) is 13.1. The number of benzene rings is 1. The maximum absolute atomic E-state index is 12.1. The molecule has 0 aliphatic carbocycles. The number of aromatic amines is 1. The summed E-state index contributed by atoms with van der Waals surface area (Å²) in [5.74, 6) is -0.912. The number of amides is 1. The van der Waals surface area contributed by atoms with Gasteiger partial charge in [0, 0.05) is 30.7 Å². The summed E-state index contributed by atoms with van der Waals surface area (Å²) in [4.78, 5) is 28.5. The van der Waals surface area contributed by atoms with Gasteiger partial charge in [0.15, 0.2) is 0 Å². The molecule has 4 heteroatoms. The molecule has 0 spiro atoms. The molecule has 1 aromatic carbocycles. The third-order valence-electron chi connectivity index (χ3n) is 2.93. The van der Waals surface area contributed by atoms with Crippen LogP contribution in [0.2, 0.25) is 0 Å². The summed E-state index contributed by atoms with van der Waals surface area (Å²) >= 11 is 0. The maximum Gasteiger partial charge on any atom is 0.294 e. The Morgan fingerprint density at radius 1 is 1.28 bits per heavy atom. The number of carbonyl (C=O) groups excluding carboxylic acids is 2. The fraction of sp³-hybridized carbons (Fsp3) is 0.286. The highest BCUT2D eigenvalue weighted by atomic mass is 16.2. The van der Waals surface area contributed by atoms with E-state index in [1.54, 1.807) is 13.2 Å². The number of rotatable bonds is 4. The Morgan fingerprint density at radius 2 is 2.00 bits per heavy atom. The van der Waals surface area contributed by atoms with Crippen molar-refractivity contribution in [2.24, 2.45) is 0 Å². The molecule has 1 heterocycles. The first-order valence-electron chi connectivity index (χ1n) is 6.01. The average Bonchev–Trinajstić information content (AvgIpc) is 2.81. The number of hydrogen-bond acceptors (Lipinski definition) is 2. The first kappa shape index (κ1) is 12.4. The molecule has 1 N–H and O–H groups in total. The standard InChI is InChI=1S/C14H16N2O2/c1-3-8-16(2)14(18)13(17)11-9-15-12-7-5-4-6-10(11)12/h4-7,9,15H,3,8H2,1-2H3. The van der Waals surface area contributed by atoms with Crippen LogP contribution in [0.1, 0.15) is 23.7 Å². The molecule has 1 amide bonds. The number of likely N-dealkylation sites (N-methyl/N-ethyl adjacent to an activating group) is 1. The van der Waals surface area contributed by atoms with Gasteiger partial charge < -0.3 is 9.88 Å². The number of Topliss-reactive ketones (excluding diaryl/α,β-unsaturated/α-hetero) is 1. The SMILES string of the molecule is CCCN(C)C(=O)C(=O)c1c[nH]c2ccccc12. The molecule has 4 nitrogen and oxygen atoms in total. The molecule has 0 bridgehead atoms. The van der Waals surface area contributed by atoms with Crippen LogP contribution in [0.4, 0.5) is 0 Å². The molecule has 18 heavy (non-hydrogen) atoms. The van der Waals surface area contributed by atoms with E-state index in [9.17, 15) is 9.59 Å². The summed E-state index contributed by atoms with van der Waals surface area (Å²) in [6.07, 6.45) is 2.44. The largest absolute Gasteiger partial charge is 0.360 e. The minimum atomic E-state index is -0.457. The zero-order valence-corrected chi connectivity index (χ0v) is 10.6. The Morgan fingerprint density at radius 3 is 2.72 bits per heavy atom. The number of hydrogen-bond donors (Lipinski definition) is 1. The monoisotopic (exact) mass is 244 g/mol. The van der Waals surface area contributed by atoms with Gasteiger partial charge in [-0.3, -0.25) is 9.59 Å². The number of para-hydroxylation sites is 1. The van der Waals surface area contributed by atoms with E-state index in [1.165, 1.54) is 4.90 Å². The van der Waals surface area contributed by atoms with Crippen LogP contribution in [0.3, 0.4) is 0 Å². The van der Waals surface area contributed by atoms with Crippen LogP contribution in [0, 0.1) is 0 Å². The van der Waals surface area contributed by atoms with Gasteiger partial charge in [-0.25, -0.2) is 0 Å². The Labute approximate surface area is 106 Å². The van der Waals surface area contributed by atoms with Crippen molar-refractivity contribution in [2.75, 3.05) is 13.6 Å². The second-order valence-electron chi connectivity index (χ2n) is 4.30. The molecule has 0 saturated carbocycles. The lowest BCUT2D eigenvalue weighted by Crippen LogP contribution is -2.33. The summed E-state index contributed by atoms with van der Waals surface area (Å²) in [6.45, 7) is 2.56. The fourth-order valence-corrected chi connectivity index (χ4v) is 1.98. The Hall–Kier alpha value is -2.10. The highest BCUT2D eigenvalue weighted by Gasteiger charge is 2.22. The number of nitrogens with one attached hydrogen (secondary N) is 1. The molecular formula is C14H16N2O2. The molecule has 2 rings (SSSR count). The third kappa shape index (κ3) is 2.14. The van der Waals surface area contributed by atoms with Gasteiger partial charge in [-0.05, 0) is 12.5 Å². The number of nitrogens with zero attached hydrogens (tertiary/aromatic N) is 1. The molecule has 0 atom stereocenters. The molecule has 2 aromatic rings. The van der Waals surface area contributed by atoms with Gasteiger partial charge in [-0.1, -0.05) is 25.1 Å². The van der Waals surface area contributed by atoms with Gasteiger partial charge in [-0.2, -0.15) is 0 Å². The molecular weight excluding hydrogens is 228 g/mol. The lowest BCUT2D eigenvalue weighted by atomic mass is 10.1. The number of aromatic nitrogens is 1. The molecule has 0 radical (unpaired) electrons. The van der Waals surface area contributed by atoms with Crippen LogP contribution in [-0.2, 0) is 4.79 Å². The van der Waals surface area contributed by atoms with Gasteiger partial charge in [-0.15, -0.1) is 0 Å².